The molecule has 0 radical (unpaired) electrons. The Kier molecular flexibility index (Phi) is 6.65. The van der Waals surface area contributed by atoms with Gasteiger partial charge in [-0.25, -0.2) is 4.98 Å². The van der Waals surface area contributed by atoms with E-state index in [-0.39, 0.29) is 5.04 Å². The SMILES string of the molecule is CNc1cc2sc(CCOCCO[Si](C)(C)C(C)(C)C)nc2cc1C. The highest BCUT2D eigenvalue weighted by Gasteiger charge is 2.36. The van der Waals surface area contributed by atoms with Crippen LogP contribution < -0.4 is 5.32 Å². The van der Waals surface area contributed by atoms with Crippen LogP contribution in [0.1, 0.15) is 31.3 Å². The summed E-state index contributed by atoms with van der Waals surface area (Å²) < 4.78 is 13.1. The van der Waals surface area contributed by atoms with Crippen LogP contribution in [0.2, 0.25) is 18.1 Å². The van der Waals surface area contributed by atoms with Crippen molar-refractivity contribution in [1.29, 1.82) is 0 Å². The van der Waals surface area contributed by atoms with E-state index in [0.29, 0.717) is 19.8 Å². The van der Waals surface area contributed by atoms with Crippen LogP contribution in [0.5, 0.6) is 0 Å². The van der Waals surface area contributed by atoms with Crippen molar-refractivity contribution >= 4 is 35.6 Å². The molecule has 25 heavy (non-hydrogen) atoms. The van der Waals surface area contributed by atoms with E-state index in [1.54, 1.807) is 11.3 Å². The molecule has 0 amide bonds. The van der Waals surface area contributed by atoms with Crippen molar-refractivity contribution in [2.75, 3.05) is 32.2 Å². The molecule has 2 rings (SSSR count). The minimum Gasteiger partial charge on any atom is -0.414 e. The Morgan fingerprint density at radius 1 is 1.16 bits per heavy atom. The Bertz CT molecular complexity index is 707. The quantitative estimate of drug-likeness (QED) is 0.503. The molecule has 0 aliphatic carbocycles. The van der Waals surface area contributed by atoms with Gasteiger partial charge in [-0.05, 0) is 42.8 Å². The highest BCUT2D eigenvalue weighted by atomic mass is 32.1. The van der Waals surface area contributed by atoms with E-state index in [0.717, 1.165) is 16.9 Å². The monoisotopic (exact) mass is 380 g/mol. The third kappa shape index (κ3) is 5.26. The van der Waals surface area contributed by atoms with Gasteiger partial charge in [0, 0.05) is 19.2 Å². The number of hydrogen-bond acceptors (Lipinski definition) is 5. The minimum absolute atomic E-state index is 0.248. The molecule has 0 saturated carbocycles. The third-order valence-corrected chi connectivity index (χ3v) is 10.6. The Morgan fingerprint density at radius 3 is 2.52 bits per heavy atom. The van der Waals surface area contributed by atoms with Crippen LogP contribution in [0.25, 0.3) is 10.2 Å². The normalized spacial score (nSPS) is 12.8. The van der Waals surface area contributed by atoms with Crippen LogP contribution in [0.3, 0.4) is 0 Å². The summed E-state index contributed by atoms with van der Waals surface area (Å²) in [4.78, 5) is 4.72. The topological polar surface area (TPSA) is 43.4 Å². The number of hydrogen-bond donors (Lipinski definition) is 1. The van der Waals surface area contributed by atoms with Crippen molar-refractivity contribution in [3.63, 3.8) is 0 Å². The molecular weight excluding hydrogens is 348 g/mol. The molecule has 1 aromatic carbocycles. The van der Waals surface area contributed by atoms with Crippen LogP contribution in [0.4, 0.5) is 5.69 Å². The number of anilines is 1. The molecule has 0 atom stereocenters. The number of ether oxygens (including phenoxy) is 1. The second-order valence-electron chi connectivity index (χ2n) is 7.96. The average molecular weight is 381 g/mol. The molecule has 0 unspecified atom stereocenters. The summed E-state index contributed by atoms with van der Waals surface area (Å²) in [5.41, 5.74) is 3.48. The summed E-state index contributed by atoms with van der Waals surface area (Å²) in [6.07, 6.45) is 0.855. The van der Waals surface area contributed by atoms with E-state index in [9.17, 15) is 0 Å². The van der Waals surface area contributed by atoms with Gasteiger partial charge in [-0.2, -0.15) is 0 Å². The van der Waals surface area contributed by atoms with Gasteiger partial charge in [0.2, 0.25) is 0 Å². The van der Waals surface area contributed by atoms with E-state index >= 15 is 0 Å². The third-order valence-electron chi connectivity index (χ3n) is 5.01. The van der Waals surface area contributed by atoms with Crippen LogP contribution in [-0.2, 0) is 15.6 Å². The van der Waals surface area contributed by atoms with Crippen molar-refractivity contribution in [3.05, 3.63) is 22.7 Å². The maximum absolute atomic E-state index is 6.13. The zero-order valence-electron chi connectivity index (χ0n) is 16.7. The first-order chi connectivity index (χ1) is 11.6. The molecule has 2 aromatic rings. The summed E-state index contributed by atoms with van der Waals surface area (Å²) in [7, 11) is 0.292. The fourth-order valence-electron chi connectivity index (χ4n) is 2.34. The van der Waals surface area contributed by atoms with Crippen LogP contribution >= 0.6 is 11.3 Å². The Labute approximate surface area is 157 Å². The molecule has 1 N–H and O–H groups in total. The van der Waals surface area contributed by atoms with Gasteiger partial charge in [0.25, 0.3) is 0 Å². The van der Waals surface area contributed by atoms with E-state index in [1.807, 2.05) is 7.05 Å². The maximum atomic E-state index is 6.13. The fraction of sp³-hybridized carbons (Fsp3) is 0.632. The molecule has 0 fully saturated rings. The second-order valence-corrected chi connectivity index (χ2v) is 13.9. The summed E-state index contributed by atoms with van der Waals surface area (Å²) in [5.74, 6) is 0. The van der Waals surface area contributed by atoms with Gasteiger partial charge < -0.3 is 14.5 Å². The standard InChI is InChI=1S/C19H32N2O2SSi/c1-14-12-16-17(13-15(14)20-5)24-18(21-16)8-9-22-10-11-23-25(6,7)19(2,3)4/h12-13,20H,8-11H2,1-7H3. The lowest BCUT2D eigenvalue weighted by Crippen LogP contribution is -2.41. The number of rotatable bonds is 8. The highest BCUT2D eigenvalue weighted by molar-refractivity contribution is 7.18. The summed E-state index contributed by atoms with van der Waals surface area (Å²) in [6, 6.07) is 4.33. The number of fused-ring (bicyclic) bond motifs is 1. The lowest BCUT2D eigenvalue weighted by atomic mass is 10.2. The first-order valence-electron chi connectivity index (χ1n) is 8.93. The van der Waals surface area contributed by atoms with Crippen molar-refractivity contribution in [2.45, 2.75) is 52.2 Å². The van der Waals surface area contributed by atoms with Gasteiger partial charge in [0.1, 0.15) is 0 Å². The van der Waals surface area contributed by atoms with Gasteiger partial charge in [-0.3, -0.25) is 0 Å². The average Bonchev–Trinajstić information content (AvgIpc) is 2.90. The Hall–Kier alpha value is -0.953. The summed E-state index contributed by atoms with van der Waals surface area (Å²) in [6.45, 7) is 15.5. The van der Waals surface area contributed by atoms with Gasteiger partial charge in [0.15, 0.2) is 8.32 Å². The number of thiazole rings is 1. The number of nitrogens with one attached hydrogen (secondary N) is 1. The molecule has 6 heteroatoms. The fourth-order valence-corrected chi connectivity index (χ4v) is 4.33. The molecular formula is C19H32N2O2SSi. The number of aromatic nitrogens is 1. The molecule has 140 valence electrons. The number of benzene rings is 1. The first-order valence-corrected chi connectivity index (χ1v) is 12.7. The van der Waals surface area contributed by atoms with E-state index in [4.69, 9.17) is 14.1 Å². The lowest BCUT2D eigenvalue weighted by Gasteiger charge is -2.36. The van der Waals surface area contributed by atoms with E-state index < -0.39 is 8.32 Å². The van der Waals surface area contributed by atoms with Gasteiger partial charge >= 0.3 is 0 Å². The Morgan fingerprint density at radius 2 is 1.88 bits per heavy atom. The molecule has 0 spiro atoms. The van der Waals surface area contributed by atoms with Crippen molar-refractivity contribution < 1.29 is 9.16 Å². The van der Waals surface area contributed by atoms with E-state index in [1.165, 1.54) is 16.0 Å². The zero-order chi connectivity index (χ0) is 18.7. The van der Waals surface area contributed by atoms with Gasteiger partial charge in [-0.1, -0.05) is 20.8 Å². The maximum Gasteiger partial charge on any atom is 0.192 e. The van der Waals surface area contributed by atoms with Gasteiger partial charge in [-0.15, -0.1) is 11.3 Å². The molecule has 1 heterocycles. The molecule has 0 bridgehead atoms. The van der Waals surface area contributed by atoms with Crippen molar-refractivity contribution in [3.8, 4) is 0 Å². The van der Waals surface area contributed by atoms with Gasteiger partial charge in [0.05, 0.1) is 35.0 Å². The molecule has 0 saturated heterocycles. The second kappa shape index (κ2) is 8.16. The van der Waals surface area contributed by atoms with Crippen molar-refractivity contribution in [2.24, 2.45) is 0 Å². The minimum atomic E-state index is -1.66. The molecule has 0 aliphatic rings. The Balaban J connectivity index is 1.78. The first kappa shape index (κ1) is 20.4. The molecule has 0 aliphatic heterocycles. The summed E-state index contributed by atoms with van der Waals surface area (Å²) in [5, 5.41) is 4.61. The smallest absolute Gasteiger partial charge is 0.192 e. The number of nitrogens with zero attached hydrogens (tertiary/aromatic N) is 1. The van der Waals surface area contributed by atoms with Crippen molar-refractivity contribution in [1.82, 2.24) is 4.98 Å². The predicted octanol–water partition coefficient (Wildman–Crippen LogP) is 5.23. The zero-order valence-corrected chi connectivity index (χ0v) is 18.5. The number of aryl methyl sites for hydroxylation is 1. The van der Waals surface area contributed by atoms with Crippen LogP contribution in [0.15, 0.2) is 12.1 Å². The van der Waals surface area contributed by atoms with Crippen LogP contribution in [-0.4, -0.2) is 40.2 Å². The molecule has 1 aromatic heterocycles. The predicted molar refractivity (Wildman–Crippen MR) is 112 cm³/mol. The highest BCUT2D eigenvalue weighted by Crippen LogP contribution is 2.36. The van der Waals surface area contributed by atoms with E-state index in [2.05, 4.69) is 58.2 Å². The summed E-state index contributed by atoms with van der Waals surface area (Å²) >= 11 is 1.75. The van der Waals surface area contributed by atoms with Crippen LogP contribution in [0, 0.1) is 6.92 Å². The molecule has 4 nitrogen and oxygen atoms in total. The largest absolute Gasteiger partial charge is 0.414 e. The lowest BCUT2D eigenvalue weighted by molar-refractivity contribution is 0.0975.